The smallest absolute Gasteiger partial charge is 0.305 e. The molecular weight excluding hydrogens is 351 g/mol. The summed E-state index contributed by atoms with van der Waals surface area (Å²) in [7, 11) is 0. The number of esters is 1. The van der Waals surface area contributed by atoms with Crippen LogP contribution in [0.5, 0.6) is 0 Å². The van der Waals surface area contributed by atoms with Crippen molar-refractivity contribution in [2.75, 3.05) is 50.7 Å². The second kappa shape index (κ2) is 15.1. The third kappa shape index (κ3) is 14.1. The van der Waals surface area contributed by atoms with Gasteiger partial charge in [0, 0.05) is 10.8 Å². The monoisotopic (exact) mass is 374 g/mol. The van der Waals surface area contributed by atoms with Crippen LogP contribution in [0.4, 0.5) is 0 Å². The molecule has 0 bridgehead atoms. The van der Waals surface area contributed by atoms with Crippen molar-refractivity contribution in [1.82, 2.24) is 0 Å². The Labute approximate surface area is 123 Å². The molecular formula is C12H23IO5. The molecule has 0 rings (SSSR count). The lowest BCUT2D eigenvalue weighted by molar-refractivity contribution is -0.145. The van der Waals surface area contributed by atoms with Gasteiger partial charge >= 0.3 is 5.97 Å². The maximum atomic E-state index is 11.0. The van der Waals surface area contributed by atoms with Gasteiger partial charge in [-0.2, -0.15) is 0 Å². The van der Waals surface area contributed by atoms with Gasteiger partial charge in [0.15, 0.2) is 0 Å². The van der Waals surface area contributed by atoms with Crippen molar-refractivity contribution in [3.8, 4) is 0 Å². The van der Waals surface area contributed by atoms with Crippen LogP contribution < -0.4 is 0 Å². The molecule has 0 spiro atoms. The van der Waals surface area contributed by atoms with Gasteiger partial charge < -0.3 is 18.9 Å². The third-order valence-electron chi connectivity index (χ3n) is 1.91. The Balaban J connectivity index is 3.01. The van der Waals surface area contributed by atoms with E-state index in [0.29, 0.717) is 46.1 Å². The maximum Gasteiger partial charge on any atom is 0.305 e. The summed E-state index contributed by atoms with van der Waals surface area (Å²) < 4.78 is 21.7. The van der Waals surface area contributed by atoms with Gasteiger partial charge in [-0.3, -0.25) is 4.79 Å². The molecule has 5 nitrogen and oxygen atoms in total. The van der Waals surface area contributed by atoms with Crippen molar-refractivity contribution in [3.63, 3.8) is 0 Å². The van der Waals surface area contributed by atoms with E-state index in [4.69, 9.17) is 18.9 Å². The molecule has 0 N–H and O–H groups in total. The van der Waals surface area contributed by atoms with Crippen LogP contribution in [0.15, 0.2) is 0 Å². The van der Waals surface area contributed by atoms with Crippen LogP contribution in [0, 0.1) is 0 Å². The Kier molecular flexibility index (Phi) is 15.2. The number of hydrogen-bond donors (Lipinski definition) is 0. The highest BCUT2D eigenvalue weighted by Crippen LogP contribution is 1.91. The second-order valence-electron chi connectivity index (χ2n) is 3.50. The minimum absolute atomic E-state index is 0.162. The molecule has 0 unspecified atom stereocenters. The highest BCUT2D eigenvalue weighted by molar-refractivity contribution is 14.1. The van der Waals surface area contributed by atoms with E-state index in [0.717, 1.165) is 17.5 Å². The van der Waals surface area contributed by atoms with Crippen molar-refractivity contribution in [3.05, 3.63) is 0 Å². The zero-order valence-corrected chi connectivity index (χ0v) is 13.1. The maximum absolute atomic E-state index is 11.0. The first-order valence-corrected chi connectivity index (χ1v) is 7.78. The van der Waals surface area contributed by atoms with E-state index in [1.165, 1.54) is 0 Å². The fourth-order valence-corrected chi connectivity index (χ4v) is 1.40. The van der Waals surface area contributed by atoms with Crippen molar-refractivity contribution in [2.24, 2.45) is 0 Å². The first-order valence-electron chi connectivity index (χ1n) is 6.26. The molecule has 0 aromatic rings. The summed E-state index contributed by atoms with van der Waals surface area (Å²) in [5, 5.41) is 0. The molecule has 0 heterocycles. The highest BCUT2D eigenvalue weighted by atomic mass is 127. The van der Waals surface area contributed by atoms with Crippen LogP contribution in [0.25, 0.3) is 0 Å². The van der Waals surface area contributed by atoms with E-state index in [2.05, 4.69) is 22.6 Å². The van der Waals surface area contributed by atoms with E-state index in [-0.39, 0.29) is 5.97 Å². The Morgan fingerprint density at radius 3 is 1.89 bits per heavy atom. The van der Waals surface area contributed by atoms with Gasteiger partial charge in [-0.1, -0.05) is 29.5 Å². The highest BCUT2D eigenvalue weighted by Gasteiger charge is 1.99. The lowest BCUT2D eigenvalue weighted by Gasteiger charge is -2.07. The molecule has 0 radical (unpaired) electrons. The van der Waals surface area contributed by atoms with Crippen LogP contribution in [0.2, 0.25) is 0 Å². The summed E-state index contributed by atoms with van der Waals surface area (Å²) in [5.41, 5.74) is 0. The fraction of sp³-hybridized carbons (Fsp3) is 0.917. The normalized spacial score (nSPS) is 10.6. The largest absolute Gasteiger partial charge is 0.463 e. The van der Waals surface area contributed by atoms with Crippen LogP contribution >= 0.6 is 22.6 Å². The average Bonchev–Trinajstić information content (AvgIpc) is 2.36. The number of rotatable bonds is 13. The molecule has 18 heavy (non-hydrogen) atoms. The minimum atomic E-state index is -0.162. The molecule has 0 saturated heterocycles. The summed E-state index contributed by atoms with van der Waals surface area (Å²) in [5.74, 6) is -0.162. The predicted molar refractivity (Wildman–Crippen MR) is 77.2 cm³/mol. The van der Waals surface area contributed by atoms with Crippen molar-refractivity contribution in [2.45, 2.75) is 19.8 Å². The second-order valence-corrected chi connectivity index (χ2v) is 4.58. The molecule has 0 aromatic carbocycles. The van der Waals surface area contributed by atoms with Gasteiger partial charge in [-0.05, 0) is 6.42 Å². The fourth-order valence-electron chi connectivity index (χ4n) is 1.09. The number of hydrogen-bond acceptors (Lipinski definition) is 5. The average molecular weight is 374 g/mol. The molecule has 0 atom stereocenters. The minimum Gasteiger partial charge on any atom is -0.463 e. The molecule has 0 aliphatic carbocycles. The molecule has 0 saturated carbocycles. The van der Waals surface area contributed by atoms with E-state index >= 15 is 0 Å². The van der Waals surface area contributed by atoms with E-state index < -0.39 is 0 Å². The SMILES string of the molecule is CCCC(=O)OCCOCCOCCOCCI. The van der Waals surface area contributed by atoms with Crippen molar-refractivity contribution < 1.29 is 23.7 Å². The van der Waals surface area contributed by atoms with Crippen LogP contribution in [0.3, 0.4) is 0 Å². The third-order valence-corrected chi connectivity index (χ3v) is 2.35. The topological polar surface area (TPSA) is 54.0 Å². The summed E-state index contributed by atoms with van der Waals surface area (Å²) in [4.78, 5) is 11.0. The number of ether oxygens (including phenoxy) is 4. The van der Waals surface area contributed by atoms with Gasteiger partial charge in [0.05, 0.1) is 39.6 Å². The number of carbonyl (C=O) groups excluding carboxylic acids is 1. The summed E-state index contributed by atoms with van der Waals surface area (Å²) in [6, 6.07) is 0. The van der Waals surface area contributed by atoms with E-state index in [1.54, 1.807) is 0 Å². The van der Waals surface area contributed by atoms with Gasteiger partial charge in [0.2, 0.25) is 0 Å². The molecule has 0 amide bonds. The summed E-state index contributed by atoms with van der Waals surface area (Å²) in [6.07, 6.45) is 1.29. The first-order chi connectivity index (χ1) is 8.81. The first kappa shape index (κ1) is 18.1. The quantitative estimate of drug-likeness (QED) is 0.213. The Morgan fingerprint density at radius 2 is 1.39 bits per heavy atom. The van der Waals surface area contributed by atoms with Crippen LogP contribution in [0.1, 0.15) is 19.8 Å². The van der Waals surface area contributed by atoms with Gasteiger partial charge in [0.1, 0.15) is 6.61 Å². The lowest BCUT2D eigenvalue weighted by atomic mass is 10.3. The number of alkyl halides is 1. The van der Waals surface area contributed by atoms with Crippen LogP contribution in [-0.2, 0) is 23.7 Å². The Morgan fingerprint density at radius 1 is 0.889 bits per heavy atom. The standard InChI is InChI=1S/C12H23IO5/c1-2-3-12(14)18-11-10-17-9-8-16-7-6-15-5-4-13/h2-11H2,1H3. The predicted octanol–water partition coefficient (Wildman–Crippen LogP) is 1.81. The molecule has 0 aliphatic rings. The zero-order chi connectivity index (χ0) is 13.5. The summed E-state index contributed by atoms with van der Waals surface area (Å²) in [6.45, 7) is 5.71. The molecule has 6 heteroatoms. The van der Waals surface area contributed by atoms with Gasteiger partial charge in [0.25, 0.3) is 0 Å². The Hall–Kier alpha value is 0.0800. The van der Waals surface area contributed by atoms with Crippen molar-refractivity contribution >= 4 is 28.6 Å². The summed E-state index contributed by atoms with van der Waals surface area (Å²) >= 11 is 2.26. The molecule has 0 fully saturated rings. The van der Waals surface area contributed by atoms with Crippen LogP contribution in [-0.4, -0.2) is 56.6 Å². The van der Waals surface area contributed by atoms with E-state index in [1.807, 2.05) is 6.92 Å². The van der Waals surface area contributed by atoms with E-state index in [9.17, 15) is 4.79 Å². The molecule has 108 valence electrons. The van der Waals surface area contributed by atoms with Gasteiger partial charge in [-0.25, -0.2) is 0 Å². The number of carbonyl (C=O) groups is 1. The molecule has 0 aliphatic heterocycles. The molecule has 0 aromatic heterocycles. The van der Waals surface area contributed by atoms with Crippen molar-refractivity contribution in [1.29, 1.82) is 0 Å². The number of halogens is 1. The Bertz CT molecular complexity index is 189. The zero-order valence-electron chi connectivity index (χ0n) is 11.0. The van der Waals surface area contributed by atoms with Gasteiger partial charge in [-0.15, -0.1) is 0 Å². The lowest BCUT2D eigenvalue weighted by Crippen LogP contribution is -2.13.